The van der Waals surface area contributed by atoms with Gasteiger partial charge in [-0.2, -0.15) is 0 Å². The molecular weight excluding hydrogens is 434 g/mol. The van der Waals surface area contributed by atoms with Crippen molar-refractivity contribution in [1.29, 1.82) is 0 Å². The number of hydrogen-bond acceptors (Lipinski definition) is 2. The number of unbranched alkanes of at least 4 members (excludes halogenated alkanes) is 6. The molecule has 0 unspecified atom stereocenters. The first kappa shape index (κ1) is 25.9. The molecular formula is C29H38F2OS. The summed E-state index contributed by atoms with van der Waals surface area (Å²) >= 11 is 1.16. The van der Waals surface area contributed by atoms with Gasteiger partial charge >= 0.3 is 0 Å². The van der Waals surface area contributed by atoms with E-state index >= 15 is 0 Å². The minimum Gasteiger partial charge on any atom is -0.281 e. The zero-order valence-electron chi connectivity index (χ0n) is 19.9. The molecule has 1 nitrogen and oxygen atoms in total. The fourth-order valence-corrected chi connectivity index (χ4v) is 5.65. The lowest BCUT2D eigenvalue weighted by Gasteiger charge is -2.29. The molecule has 0 heterocycles. The Kier molecular flexibility index (Phi) is 10.9. The van der Waals surface area contributed by atoms with Crippen LogP contribution in [-0.4, -0.2) is 5.12 Å². The summed E-state index contributed by atoms with van der Waals surface area (Å²) in [5, 5.41) is -0.116. The normalized spacial score (nSPS) is 18.5. The topological polar surface area (TPSA) is 17.1 Å². The van der Waals surface area contributed by atoms with Crippen LogP contribution in [0.25, 0.3) is 0 Å². The van der Waals surface area contributed by atoms with E-state index in [0.29, 0.717) is 11.5 Å². The molecule has 0 radical (unpaired) electrons. The van der Waals surface area contributed by atoms with E-state index in [0.717, 1.165) is 22.6 Å². The van der Waals surface area contributed by atoms with Gasteiger partial charge in [0.15, 0.2) is 0 Å². The third-order valence-electron chi connectivity index (χ3n) is 7.02. The molecule has 4 heteroatoms. The van der Waals surface area contributed by atoms with E-state index in [4.69, 9.17) is 0 Å². The van der Waals surface area contributed by atoms with Crippen molar-refractivity contribution in [2.75, 3.05) is 0 Å². The van der Waals surface area contributed by atoms with Crippen molar-refractivity contribution in [3.63, 3.8) is 0 Å². The van der Waals surface area contributed by atoms with Crippen molar-refractivity contribution in [3.8, 4) is 0 Å². The van der Waals surface area contributed by atoms with Gasteiger partial charge in [-0.05, 0) is 67.0 Å². The third kappa shape index (κ3) is 8.55. The Morgan fingerprint density at radius 3 is 2.06 bits per heavy atom. The number of halogens is 2. The first-order chi connectivity index (χ1) is 16.1. The lowest BCUT2D eigenvalue weighted by Crippen LogP contribution is -2.13. The Balaban J connectivity index is 1.38. The number of alkyl halides is 2. The first-order valence-corrected chi connectivity index (χ1v) is 13.6. The number of rotatable bonds is 12. The average Bonchev–Trinajstić information content (AvgIpc) is 2.84. The highest BCUT2D eigenvalue weighted by Gasteiger charge is 2.22. The molecule has 1 aliphatic rings. The second kappa shape index (κ2) is 13.9. The molecule has 0 aromatic heterocycles. The average molecular weight is 473 g/mol. The van der Waals surface area contributed by atoms with Crippen LogP contribution in [-0.2, 0) is 0 Å². The van der Waals surface area contributed by atoms with Gasteiger partial charge < -0.3 is 0 Å². The van der Waals surface area contributed by atoms with Crippen molar-refractivity contribution in [3.05, 3.63) is 65.2 Å². The van der Waals surface area contributed by atoms with E-state index in [1.54, 1.807) is 0 Å². The minimum atomic E-state index is -2.51. The van der Waals surface area contributed by atoms with Gasteiger partial charge in [-0.15, -0.1) is 0 Å². The maximum Gasteiger partial charge on any atom is 0.263 e. The van der Waals surface area contributed by atoms with Crippen LogP contribution in [0.15, 0.2) is 53.4 Å². The summed E-state index contributed by atoms with van der Waals surface area (Å²) in [5.41, 5.74) is 1.77. The maximum atomic E-state index is 12.7. The predicted molar refractivity (Wildman–Crippen MR) is 135 cm³/mol. The smallest absolute Gasteiger partial charge is 0.263 e. The molecule has 180 valence electrons. The van der Waals surface area contributed by atoms with Crippen LogP contribution in [0.5, 0.6) is 0 Å². The highest BCUT2D eigenvalue weighted by molar-refractivity contribution is 8.14. The fourth-order valence-electron chi connectivity index (χ4n) is 4.91. The molecule has 33 heavy (non-hydrogen) atoms. The summed E-state index contributed by atoms with van der Waals surface area (Å²) in [4.78, 5) is 13.4. The van der Waals surface area contributed by atoms with Crippen LogP contribution < -0.4 is 0 Å². The van der Waals surface area contributed by atoms with E-state index in [9.17, 15) is 13.6 Å². The van der Waals surface area contributed by atoms with Crippen LogP contribution >= 0.6 is 11.8 Å². The summed E-state index contributed by atoms with van der Waals surface area (Å²) in [6.45, 7) is 2.27. The predicted octanol–water partition coefficient (Wildman–Crippen LogP) is 9.97. The van der Waals surface area contributed by atoms with E-state index in [-0.39, 0.29) is 10.7 Å². The SMILES string of the molecule is CCCCCCCCC[C@H]1CC[C@H](c2ccc(SC(=O)c3ccc(C(F)F)cc3)cc2)CC1. The largest absolute Gasteiger partial charge is 0.281 e. The molecule has 3 rings (SSSR count). The number of carbonyl (C=O) groups is 1. The van der Waals surface area contributed by atoms with Gasteiger partial charge in [0.25, 0.3) is 6.43 Å². The van der Waals surface area contributed by atoms with Crippen molar-refractivity contribution >= 4 is 16.9 Å². The third-order valence-corrected chi connectivity index (χ3v) is 7.95. The second-order valence-electron chi connectivity index (χ2n) is 9.51. The lowest BCUT2D eigenvalue weighted by atomic mass is 9.77. The molecule has 0 aliphatic heterocycles. The quantitative estimate of drug-likeness (QED) is 0.226. The minimum absolute atomic E-state index is 0.0574. The summed E-state index contributed by atoms with van der Waals surface area (Å²) < 4.78 is 25.4. The van der Waals surface area contributed by atoms with E-state index < -0.39 is 6.43 Å². The molecule has 0 atom stereocenters. The Hall–Kier alpha value is -1.68. The van der Waals surface area contributed by atoms with Gasteiger partial charge in [-0.3, -0.25) is 4.79 Å². The lowest BCUT2D eigenvalue weighted by molar-refractivity contribution is 0.108. The van der Waals surface area contributed by atoms with E-state index in [1.165, 1.54) is 107 Å². The molecule has 1 fully saturated rings. The maximum absolute atomic E-state index is 12.7. The highest BCUT2D eigenvalue weighted by Crippen LogP contribution is 2.38. The molecule has 0 spiro atoms. The number of thioether (sulfide) groups is 1. The van der Waals surface area contributed by atoms with Crippen LogP contribution in [0.4, 0.5) is 8.78 Å². The van der Waals surface area contributed by atoms with E-state index in [2.05, 4.69) is 19.1 Å². The van der Waals surface area contributed by atoms with Gasteiger partial charge in [0.1, 0.15) is 0 Å². The molecule has 0 bridgehead atoms. The molecule has 1 aliphatic carbocycles. The molecule has 2 aromatic rings. The standard InChI is InChI=1S/C29H38F2OS/c1-2-3-4-5-6-7-8-9-22-10-12-23(13-11-22)24-18-20-27(21-19-24)33-29(32)26-16-14-25(15-17-26)28(30)31/h14-23,28H,2-13H2,1H3/t22-,23-. The molecule has 0 amide bonds. The number of benzene rings is 2. The number of carbonyl (C=O) groups excluding carboxylic acids is 1. The summed E-state index contributed by atoms with van der Waals surface area (Å²) in [5.74, 6) is 1.53. The van der Waals surface area contributed by atoms with Crippen molar-refractivity contribution in [1.82, 2.24) is 0 Å². The highest BCUT2D eigenvalue weighted by atomic mass is 32.2. The summed E-state index contributed by atoms with van der Waals surface area (Å²) in [7, 11) is 0. The molecule has 0 saturated heterocycles. The molecule has 1 saturated carbocycles. The van der Waals surface area contributed by atoms with Gasteiger partial charge in [0.2, 0.25) is 5.12 Å². The Morgan fingerprint density at radius 2 is 1.45 bits per heavy atom. The summed E-state index contributed by atoms with van der Waals surface area (Å²) in [6, 6.07) is 14.0. The van der Waals surface area contributed by atoms with Gasteiger partial charge in [-0.25, -0.2) is 8.78 Å². The van der Waals surface area contributed by atoms with Gasteiger partial charge in [0.05, 0.1) is 0 Å². The number of hydrogen-bond donors (Lipinski definition) is 0. The van der Waals surface area contributed by atoms with Crippen LogP contribution in [0.3, 0.4) is 0 Å². The van der Waals surface area contributed by atoms with Crippen LogP contribution in [0.2, 0.25) is 0 Å². The van der Waals surface area contributed by atoms with Crippen molar-refractivity contribution < 1.29 is 13.6 Å². The summed E-state index contributed by atoms with van der Waals surface area (Å²) in [6.07, 6.45) is 13.8. The monoisotopic (exact) mass is 472 g/mol. The second-order valence-corrected chi connectivity index (χ2v) is 10.6. The van der Waals surface area contributed by atoms with Crippen LogP contribution in [0, 0.1) is 5.92 Å². The Labute approximate surface area is 202 Å². The van der Waals surface area contributed by atoms with Gasteiger partial charge in [0, 0.05) is 16.0 Å². The van der Waals surface area contributed by atoms with Crippen LogP contribution in [0.1, 0.15) is 118 Å². The first-order valence-electron chi connectivity index (χ1n) is 12.8. The molecule has 2 aromatic carbocycles. The Morgan fingerprint density at radius 1 is 0.848 bits per heavy atom. The van der Waals surface area contributed by atoms with E-state index in [1.807, 2.05) is 12.1 Å². The Bertz CT molecular complexity index is 824. The van der Waals surface area contributed by atoms with Crippen molar-refractivity contribution in [2.24, 2.45) is 5.92 Å². The zero-order valence-corrected chi connectivity index (χ0v) is 20.7. The molecule has 0 N–H and O–H groups in total. The van der Waals surface area contributed by atoms with Gasteiger partial charge in [-0.1, -0.05) is 94.7 Å². The van der Waals surface area contributed by atoms with Crippen molar-refractivity contribution in [2.45, 2.75) is 101 Å². The fraction of sp³-hybridized carbons (Fsp3) is 0.552. The zero-order chi connectivity index (χ0) is 23.5.